The van der Waals surface area contributed by atoms with Gasteiger partial charge >= 0.3 is 0 Å². The molecular formula is C19H25IO. The summed E-state index contributed by atoms with van der Waals surface area (Å²) in [6.45, 7) is 8.84. The van der Waals surface area contributed by atoms with Crippen LogP contribution in [0.1, 0.15) is 47.0 Å². The molecule has 0 saturated heterocycles. The molecule has 0 bridgehead atoms. The highest BCUT2D eigenvalue weighted by molar-refractivity contribution is 14.1. The van der Waals surface area contributed by atoms with E-state index in [4.69, 9.17) is 0 Å². The summed E-state index contributed by atoms with van der Waals surface area (Å²) in [6, 6.07) is 0. The summed E-state index contributed by atoms with van der Waals surface area (Å²) in [5, 5.41) is 0. The summed E-state index contributed by atoms with van der Waals surface area (Å²) < 4.78 is 1.18. The lowest BCUT2D eigenvalue weighted by Crippen LogP contribution is -2.18. The van der Waals surface area contributed by atoms with Gasteiger partial charge in [0.15, 0.2) is 0 Å². The molecule has 0 aliphatic heterocycles. The second kappa shape index (κ2) is 8.52. The van der Waals surface area contributed by atoms with E-state index >= 15 is 0 Å². The Morgan fingerprint density at radius 3 is 2.57 bits per heavy atom. The molecule has 0 atom stereocenters. The number of halogens is 1. The van der Waals surface area contributed by atoms with Gasteiger partial charge in [0.05, 0.1) is 0 Å². The van der Waals surface area contributed by atoms with Crippen molar-refractivity contribution in [1.29, 1.82) is 0 Å². The summed E-state index contributed by atoms with van der Waals surface area (Å²) in [5.74, 6) is 0. The van der Waals surface area contributed by atoms with E-state index in [-0.39, 0.29) is 5.41 Å². The molecule has 0 N–H and O–H groups in total. The van der Waals surface area contributed by atoms with Gasteiger partial charge < -0.3 is 0 Å². The molecule has 0 spiro atoms. The van der Waals surface area contributed by atoms with E-state index in [1.165, 1.54) is 34.0 Å². The van der Waals surface area contributed by atoms with Gasteiger partial charge in [-0.05, 0) is 90.5 Å². The molecule has 0 heterocycles. The van der Waals surface area contributed by atoms with Crippen LogP contribution in [0.25, 0.3) is 0 Å². The van der Waals surface area contributed by atoms with Crippen molar-refractivity contribution >= 4 is 28.9 Å². The molecule has 0 aromatic rings. The Hall–Kier alpha value is -0.900. The molecule has 1 nitrogen and oxygen atoms in total. The van der Waals surface area contributed by atoms with Gasteiger partial charge in [0.1, 0.15) is 6.29 Å². The maximum absolute atomic E-state index is 10.3. The van der Waals surface area contributed by atoms with E-state index < -0.39 is 0 Å². The van der Waals surface area contributed by atoms with Crippen molar-refractivity contribution in [3.63, 3.8) is 0 Å². The van der Waals surface area contributed by atoms with E-state index in [0.717, 1.165) is 11.9 Å². The van der Waals surface area contributed by atoms with Crippen LogP contribution in [0.15, 0.2) is 56.8 Å². The first-order valence-corrected chi connectivity index (χ1v) is 8.49. The number of carbonyl (C=O) groups is 1. The van der Waals surface area contributed by atoms with E-state index in [2.05, 4.69) is 61.6 Å². The molecule has 1 rings (SSSR count). The zero-order valence-electron chi connectivity index (χ0n) is 13.4. The van der Waals surface area contributed by atoms with Crippen molar-refractivity contribution in [1.82, 2.24) is 0 Å². The molecule has 1 aliphatic carbocycles. The van der Waals surface area contributed by atoms with Gasteiger partial charge in [0, 0.05) is 3.58 Å². The smallest absolute Gasteiger partial charge is 0.143 e. The first-order valence-electron chi connectivity index (χ1n) is 7.41. The zero-order valence-corrected chi connectivity index (χ0v) is 15.6. The Balaban J connectivity index is 2.80. The average molecular weight is 396 g/mol. The number of carbonyl (C=O) groups excluding carboxylic acids is 1. The standard InChI is InChI=1S/C19H25IO/c1-15(12-14-21)7-5-9-17(20)10-11-18-16(2)8-6-13-19(18,3)4/h5,7,9-12,14H,6,8,13H2,1-4H3/b7-5+,11-10+,15-12+,17-9+. The second-order valence-corrected chi connectivity index (χ2v) is 7.47. The third kappa shape index (κ3) is 6.16. The molecule has 0 amide bonds. The second-order valence-electron chi connectivity index (χ2n) is 6.22. The van der Waals surface area contributed by atoms with Crippen molar-refractivity contribution in [2.24, 2.45) is 5.41 Å². The van der Waals surface area contributed by atoms with Crippen LogP contribution in [0.2, 0.25) is 0 Å². The average Bonchev–Trinajstić information content (AvgIpc) is 2.37. The SMILES string of the molecule is CC1=C(/C=C/C(I)=C\C=C\C(C)=C\C=O)C(C)(C)CCC1. The fourth-order valence-electron chi connectivity index (χ4n) is 2.68. The summed E-state index contributed by atoms with van der Waals surface area (Å²) in [5.41, 5.74) is 4.25. The van der Waals surface area contributed by atoms with Crippen molar-refractivity contribution in [2.75, 3.05) is 0 Å². The lowest BCUT2D eigenvalue weighted by atomic mass is 9.73. The highest BCUT2D eigenvalue weighted by Crippen LogP contribution is 2.40. The Labute approximate surface area is 142 Å². The third-order valence-electron chi connectivity index (χ3n) is 3.90. The fraction of sp³-hybridized carbons (Fsp3) is 0.421. The summed E-state index contributed by atoms with van der Waals surface area (Å²) in [7, 11) is 0. The Bertz CT molecular complexity index is 528. The van der Waals surface area contributed by atoms with Gasteiger partial charge in [-0.1, -0.05) is 37.6 Å². The van der Waals surface area contributed by atoms with Crippen LogP contribution < -0.4 is 0 Å². The summed E-state index contributed by atoms with van der Waals surface area (Å²) in [6.07, 6.45) is 16.6. The van der Waals surface area contributed by atoms with Gasteiger partial charge in [0.25, 0.3) is 0 Å². The molecular weight excluding hydrogens is 371 g/mol. The van der Waals surface area contributed by atoms with Gasteiger partial charge in [-0.15, -0.1) is 0 Å². The Kier molecular flexibility index (Phi) is 7.36. The van der Waals surface area contributed by atoms with Crippen molar-refractivity contribution in [3.05, 3.63) is 56.8 Å². The van der Waals surface area contributed by atoms with E-state index in [0.29, 0.717) is 0 Å². The topological polar surface area (TPSA) is 17.1 Å². The minimum absolute atomic E-state index is 0.287. The molecule has 21 heavy (non-hydrogen) atoms. The Morgan fingerprint density at radius 2 is 1.95 bits per heavy atom. The molecule has 0 aromatic heterocycles. The minimum Gasteiger partial charge on any atom is -0.299 e. The number of rotatable bonds is 5. The fourth-order valence-corrected chi connectivity index (χ4v) is 3.07. The predicted octanol–water partition coefficient (Wildman–Crippen LogP) is 6.09. The van der Waals surface area contributed by atoms with Crippen molar-refractivity contribution in [3.8, 4) is 0 Å². The molecule has 2 heteroatoms. The molecule has 0 unspecified atom stereocenters. The van der Waals surface area contributed by atoms with Crippen LogP contribution in [0.4, 0.5) is 0 Å². The molecule has 0 saturated carbocycles. The van der Waals surface area contributed by atoms with Gasteiger partial charge in [-0.3, -0.25) is 4.79 Å². The van der Waals surface area contributed by atoms with Crippen molar-refractivity contribution < 1.29 is 4.79 Å². The van der Waals surface area contributed by atoms with Crippen LogP contribution >= 0.6 is 22.6 Å². The number of aldehydes is 1. The lowest BCUT2D eigenvalue weighted by molar-refractivity contribution is -0.104. The lowest BCUT2D eigenvalue weighted by Gasteiger charge is -2.32. The van der Waals surface area contributed by atoms with Crippen LogP contribution in [0, 0.1) is 5.41 Å². The van der Waals surface area contributed by atoms with Gasteiger partial charge in [-0.2, -0.15) is 0 Å². The third-order valence-corrected chi connectivity index (χ3v) is 4.62. The minimum atomic E-state index is 0.287. The quantitative estimate of drug-likeness (QED) is 0.238. The van der Waals surface area contributed by atoms with Crippen molar-refractivity contribution in [2.45, 2.75) is 47.0 Å². The van der Waals surface area contributed by atoms with E-state index in [1.807, 2.05) is 19.1 Å². The van der Waals surface area contributed by atoms with Crippen LogP contribution in [0.5, 0.6) is 0 Å². The number of allylic oxidation sites excluding steroid dienone is 10. The van der Waals surface area contributed by atoms with Crippen LogP contribution in [-0.4, -0.2) is 6.29 Å². The molecule has 1 aliphatic rings. The van der Waals surface area contributed by atoms with E-state index in [9.17, 15) is 4.79 Å². The first kappa shape index (κ1) is 18.1. The molecule has 0 radical (unpaired) electrons. The number of hydrogen-bond acceptors (Lipinski definition) is 1. The highest BCUT2D eigenvalue weighted by atomic mass is 127. The molecule has 0 aromatic carbocycles. The highest BCUT2D eigenvalue weighted by Gasteiger charge is 2.26. The molecule has 114 valence electrons. The Morgan fingerprint density at radius 1 is 1.24 bits per heavy atom. The maximum atomic E-state index is 10.3. The molecule has 0 fully saturated rings. The maximum Gasteiger partial charge on any atom is 0.143 e. The van der Waals surface area contributed by atoms with Crippen LogP contribution in [0.3, 0.4) is 0 Å². The largest absolute Gasteiger partial charge is 0.299 e. The van der Waals surface area contributed by atoms with Gasteiger partial charge in [0.2, 0.25) is 0 Å². The van der Waals surface area contributed by atoms with E-state index in [1.54, 1.807) is 6.08 Å². The summed E-state index contributed by atoms with van der Waals surface area (Å²) >= 11 is 2.34. The first-order chi connectivity index (χ1) is 9.86. The monoisotopic (exact) mass is 396 g/mol. The predicted molar refractivity (Wildman–Crippen MR) is 101 cm³/mol. The normalized spacial score (nSPS) is 20.6. The zero-order chi connectivity index (χ0) is 15.9. The number of hydrogen-bond donors (Lipinski definition) is 0. The van der Waals surface area contributed by atoms with Gasteiger partial charge in [-0.25, -0.2) is 0 Å². The summed E-state index contributed by atoms with van der Waals surface area (Å²) in [4.78, 5) is 10.3. The van der Waals surface area contributed by atoms with Crippen LogP contribution in [-0.2, 0) is 4.79 Å².